The molecule has 0 aromatic heterocycles. The Morgan fingerprint density at radius 2 is 2.00 bits per heavy atom. The molecular formula is C11H15BO3. The summed E-state index contributed by atoms with van der Waals surface area (Å²) in [5.41, 5.74) is 2.16. The topological polar surface area (TPSA) is 49.7 Å². The second-order valence-electron chi connectivity index (χ2n) is 3.43. The van der Waals surface area contributed by atoms with E-state index in [9.17, 15) is 0 Å². The number of hydrogen-bond donors (Lipinski definition) is 2. The highest BCUT2D eigenvalue weighted by molar-refractivity contribution is 6.32. The number of hydrogen-bond acceptors (Lipinski definition) is 3. The van der Waals surface area contributed by atoms with Gasteiger partial charge < -0.3 is 14.7 Å². The van der Waals surface area contributed by atoms with Gasteiger partial charge in [-0.15, -0.1) is 0 Å². The van der Waals surface area contributed by atoms with E-state index in [4.69, 9.17) is 14.7 Å². The molecule has 15 heavy (non-hydrogen) atoms. The molecule has 2 N–H and O–H groups in total. The van der Waals surface area contributed by atoms with Gasteiger partial charge in [0.1, 0.15) is 0 Å². The van der Waals surface area contributed by atoms with E-state index in [1.54, 1.807) is 6.08 Å². The maximum absolute atomic E-state index is 8.55. The fourth-order valence-electron chi connectivity index (χ4n) is 1.29. The molecule has 1 aromatic rings. The zero-order chi connectivity index (χ0) is 11.3. The lowest BCUT2D eigenvalue weighted by molar-refractivity contribution is 0.176. The molecule has 0 saturated carbocycles. The third-order valence-corrected chi connectivity index (χ3v) is 2.24. The molecule has 1 atom stereocenters. The van der Waals surface area contributed by atoms with Crippen LogP contribution in [-0.4, -0.2) is 24.0 Å². The van der Waals surface area contributed by atoms with Gasteiger partial charge in [0.2, 0.25) is 0 Å². The van der Waals surface area contributed by atoms with E-state index >= 15 is 0 Å². The van der Waals surface area contributed by atoms with Crippen LogP contribution in [0.2, 0.25) is 0 Å². The van der Waals surface area contributed by atoms with Gasteiger partial charge in [-0.05, 0) is 11.1 Å². The largest absolute Gasteiger partial charge is 0.633 e. The molecule has 0 aliphatic heterocycles. The van der Waals surface area contributed by atoms with E-state index < -0.39 is 7.32 Å². The molecule has 3 nitrogen and oxygen atoms in total. The normalized spacial score (nSPS) is 12.2. The van der Waals surface area contributed by atoms with Crippen LogP contribution in [0.5, 0.6) is 0 Å². The van der Waals surface area contributed by atoms with Crippen molar-refractivity contribution in [2.24, 2.45) is 0 Å². The fraction of sp³-hybridized carbons (Fsp3) is 0.273. The highest BCUT2D eigenvalue weighted by atomic mass is 16.6. The smallest absolute Gasteiger partial charge is 0.402 e. The Labute approximate surface area is 90.2 Å². The van der Waals surface area contributed by atoms with Gasteiger partial charge in [0.25, 0.3) is 0 Å². The van der Waals surface area contributed by atoms with E-state index in [2.05, 4.69) is 6.58 Å². The van der Waals surface area contributed by atoms with Crippen LogP contribution in [0.3, 0.4) is 0 Å². The summed E-state index contributed by atoms with van der Waals surface area (Å²) in [4.78, 5) is 0. The summed E-state index contributed by atoms with van der Waals surface area (Å²) < 4.78 is 4.71. The van der Waals surface area contributed by atoms with Crippen molar-refractivity contribution in [2.75, 3.05) is 6.61 Å². The zero-order valence-electron chi connectivity index (χ0n) is 8.76. The van der Waals surface area contributed by atoms with E-state index in [0.29, 0.717) is 0 Å². The summed E-state index contributed by atoms with van der Waals surface area (Å²) >= 11 is 0. The van der Waals surface area contributed by atoms with E-state index in [1.165, 1.54) is 0 Å². The van der Waals surface area contributed by atoms with Gasteiger partial charge in [-0.3, -0.25) is 0 Å². The third kappa shape index (κ3) is 3.87. The third-order valence-electron chi connectivity index (χ3n) is 2.24. The van der Waals surface area contributed by atoms with Crippen molar-refractivity contribution < 1.29 is 14.7 Å². The first-order valence-corrected chi connectivity index (χ1v) is 4.83. The summed E-state index contributed by atoms with van der Waals surface area (Å²) in [5.74, 6) is 0.130. The van der Waals surface area contributed by atoms with Gasteiger partial charge in [-0.1, -0.05) is 43.8 Å². The molecular weight excluding hydrogens is 191 g/mol. The Kier molecular flexibility index (Phi) is 4.56. The van der Waals surface area contributed by atoms with E-state index in [1.807, 2.05) is 31.2 Å². The summed E-state index contributed by atoms with van der Waals surface area (Å²) in [6, 6.07) is 7.89. The molecule has 0 spiro atoms. The van der Waals surface area contributed by atoms with Gasteiger partial charge in [0.05, 0.1) is 0 Å². The SMILES string of the molecule is C=Cc1ccc(C(C)COB(O)O)cc1. The molecule has 0 heterocycles. The van der Waals surface area contributed by atoms with Crippen LogP contribution in [0.4, 0.5) is 0 Å². The highest BCUT2D eigenvalue weighted by Gasteiger charge is 2.12. The van der Waals surface area contributed by atoms with Crippen LogP contribution >= 0.6 is 0 Å². The van der Waals surface area contributed by atoms with Crippen LogP contribution in [0.1, 0.15) is 24.0 Å². The summed E-state index contributed by atoms with van der Waals surface area (Å²) in [5, 5.41) is 17.1. The summed E-state index contributed by atoms with van der Waals surface area (Å²) in [6.07, 6.45) is 1.78. The quantitative estimate of drug-likeness (QED) is 0.716. The van der Waals surface area contributed by atoms with Gasteiger partial charge in [-0.2, -0.15) is 0 Å². The van der Waals surface area contributed by atoms with Crippen molar-refractivity contribution in [1.82, 2.24) is 0 Å². The molecule has 1 unspecified atom stereocenters. The van der Waals surface area contributed by atoms with Crippen LogP contribution in [0.15, 0.2) is 30.8 Å². The first-order chi connectivity index (χ1) is 7.13. The second-order valence-corrected chi connectivity index (χ2v) is 3.43. The van der Waals surface area contributed by atoms with Gasteiger partial charge in [0, 0.05) is 12.5 Å². The second kappa shape index (κ2) is 5.71. The Balaban J connectivity index is 2.57. The van der Waals surface area contributed by atoms with Crippen molar-refractivity contribution in [2.45, 2.75) is 12.8 Å². The predicted octanol–water partition coefficient (Wildman–Crippen LogP) is 1.42. The monoisotopic (exact) mass is 206 g/mol. The molecule has 0 aliphatic rings. The maximum Gasteiger partial charge on any atom is 0.633 e. The lowest BCUT2D eigenvalue weighted by atomic mass is 10.0. The molecule has 0 radical (unpaired) electrons. The van der Waals surface area contributed by atoms with Crippen molar-refractivity contribution in [1.29, 1.82) is 0 Å². The number of rotatable bonds is 5. The van der Waals surface area contributed by atoms with Crippen LogP contribution < -0.4 is 0 Å². The molecule has 0 fully saturated rings. The molecule has 4 heteroatoms. The van der Waals surface area contributed by atoms with Gasteiger partial charge in [-0.25, -0.2) is 0 Å². The first kappa shape index (κ1) is 12.0. The Hall–Kier alpha value is -1.10. The molecule has 0 bridgehead atoms. The lowest BCUT2D eigenvalue weighted by Gasteiger charge is -2.12. The van der Waals surface area contributed by atoms with Crippen molar-refractivity contribution in [3.63, 3.8) is 0 Å². The predicted molar refractivity (Wildman–Crippen MR) is 61.1 cm³/mol. The molecule has 80 valence electrons. The number of benzene rings is 1. The van der Waals surface area contributed by atoms with Crippen molar-refractivity contribution in [3.8, 4) is 0 Å². The van der Waals surface area contributed by atoms with Crippen LogP contribution in [-0.2, 0) is 4.65 Å². The van der Waals surface area contributed by atoms with E-state index in [-0.39, 0.29) is 12.5 Å². The fourth-order valence-corrected chi connectivity index (χ4v) is 1.29. The van der Waals surface area contributed by atoms with Crippen molar-refractivity contribution in [3.05, 3.63) is 42.0 Å². The minimum Gasteiger partial charge on any atom is -0.402 e. The average molecular weight is 206 g/mol. The Morgan fingerprint density at radius 3 is 2.47 bits per heavy atom. The summed E-state index contributed by atoms with van der Waals surface area (Å²) in [6.45, 7) is 5.92. The minimum absolute atomic E-state index is 0.130. The summed E-state index contributed by atoms with van der Waals surface area (Å²) in [7, 11) is -1.69. The minimum atomic E-state index is -1.69. The van der Waals surface area contributed by atoms with Gasteiger partial charge >= 0.3 is 7.32 Å². The standard InChI is InChI=1S/C11H15BO3/c1-3-10-4-6-11(7-5-10)9(2)8-15-12(13)14/h3-7,9,13-14H,1,8H2,2H3. The van der Waals surface area contributed by atoms with Crippen LogP contribution in [0.25, 0.3) is 6.08 Å². The Bertz CT molecular complexity index is 308. The molecule has 0 saturated heterocycles. The Morgan fingerprint density at radius 1 is 1.40 bits per heavy atom. The maximum atomic E-state index is 8.55. The first-order valence-electron chi connectivity index (χ1n) is 4.83. The molecule has 0 aliphatic carbocycles. The highest BCUT2D eigenvalue weighted by Crippen LogP contribution is 2.16. The lowest BCUT2D eigenvalue weighted by Crippen LogP contribution is -2.20. The molecule has 1 aromatic carbocycles. The van der Waals surface area contributed by atoms with Crippen molar-refractivity contribution >= 4 is 13.4 Å². The van der Waals surface area contributed by atoms with Crippen LogP contribution in [0, 0.1) is 0 Å². The zero-order valence-corrected chi connectivity index (χ0v) is 8.76. The molecule has 1 rings (SSSR count). The van der Waals surface area contributed by atoms with Gasteiger partial charge in [0.15, 0.2) is 0 Å². The van der Waals surface area contributed by atoms with E-state index in [0.717, 1.165) is 11.1 Å². The molecule has 0 amide bonds. The average Bonchev–Trinajstić information content (AvgIpc) is 2.26.